The van der Waals surface area contributed by atoms with Crippen molar-refractivity contribution in [3.63, 3.8) is 0 Å². The Morgan fingerprint density at radius 1 is 1.16 bits per heavy atom. The highest BCUT2D eigenvalue weighted by molar-refractivity contribution is 5.82. The highest BCUT2D eigenvalue weighted by Crippen LogP contribution is 2.32. The minimum absolute atomic E-state index is 0.0350. The van der Waals surface area contributed by atoms with Crippen LogP contribution in [0, 0.1) is 0 Å². The van der Waals surface area contributed by atoms with Gasteiger partial charge in [0.25, 0.3) is 0 Å². The molecule has 19 heavy (non-hydrogen) atoms. The maximum Gasteiger partial charge on any atom is 0.189 e. The van der Waals surface area contributed by atoms with Gasteiger partial charge in [-0.1, -0.05) is 13.3 Å². The molecule has 2 aromatic rings. The number of ether oxygens (including phenoxy) is 2. The van der Waals surface area contributed by atoms with Crippen LogP contribution in [0.2, 0.25) is 0 Å². The molecule has 0 saturated carbocycles. The van der Waals surface area contributed by atoms with Gasteiger partial charge in [-0.25, -0.2) is 0 Å². The summed E-state index contributed by atoms with van der Waals surface area (Å²) in [7, 11) is 0. The second-order valence-corrected chi connectivity index (χ2v) is 4.80. The van der Waals surface area contributed by atoms with Crippen LogP contribution in [0.3, 0.4) is 0 Å². The molecule has 4 heteroatoms. The van der Waals surface area contributed by atoms with Gasteiger partial charge in [0.2, 0.25) is 0 Å². The molecule has 1 aliphatic rings. The number of H-pyrrole nitrogens is 1. The maximum atomic E-state index is 12.1. The largest absolute Gasteiger partial charge is 0.490 e. The summed E-state index contributed by atoms with van der Waals surface area (Å²) in [6.45, 7) is 3.37. The molecule has 0 radical (unpaired) electrons. The molecule has 100 valence electrons. The molecular weight excluding hydrogens is 242 g/mol. The Balaban J connectivity index is 2.17. The van der Waals surface area contributed by atoms with Crippen molar-refractivity contribution in [1.29, 1.82) is 0 Å². The monoisotopic (exact) mass is 259 g/mol. The Labute approximate surface area is 111 Å². The number of benzene rings is 1. The third-order valence-corrected chi connectivity index (χ3v) is 3.27. The summed E-state index contributed by atoms with van der Waals surface area (Å²) in [6, 6.07) is 5.33. The Kier molecular flexibility index (Phi) is 3.15. The zero-order chi connectivity index (χ0) is 13.2. The molecule has 0 fully saturated rings. The number of rotatable bonds is 2. The van der Waals surface area contributed by atoms with Crippen molar-refractivity contribution in [2.75, 3.05) is 13.2 Å². The first-order valence-electron chi connectivity index (χ1n) is 6.73. The number of pyridine rings is 1. The summed E-state index contributed by atoms with van der Waals surface area (Å²) >= 11 is 0. The van der Waals surface area contributed by atoms with Crippen LogP contribution in [0.1, 0.15) is 25.5 Å². The quantitative estimate of drug-likeness (QED) is 0.902. The summed E-state index contributed by atoms with van der Waals surface area (Å²) < 4.78 is 11.3. The molecule has 0 spiro atoms. The molecular formula is C15H17NO3. The zero-order valence-corrected chi connectivity index (χ0v) is 11.0. The van der Waals surface area contributed by atoms with E-state index in [4.69, 9.17) is 9.47 Å². The van der Waals surface area contributed by atoms with E-state index in [1.165, 1.54) is 0 Å². The third-order valence-electron chi connectivity index (χ3n) is 3.27. The average Bonchev–Trinajstić information content (AvgIpc) is 2.62. The third kappa shape index (κ3) is 2.30. The van der Waals surface area contributed by atoms with E-state index in [1.807, 2.05) is 6.07 Å². The van der Waals surface area contributed by atoms with E-state index in [9.17, 15) is 4.79 Å². The lowest BCUT2D eigenvalue weighted by Gasteiger charge is -2.09. The summed E-state index contributed by atoms with van der Waals surface area (Å²) in [6.07, 6.45) is 2.74. The molecule has 1 N–H and O–H groups in total. The lowest BCUT2D eigenvalue weighted by atomic mass is 10.1. The Bertz CT molecular complexity index is 660. The standard InChI is InChI=1S/C15H17NO3/c1-2-4-10-7-13(17)11-8-14-15(9-12(11)16-10)19-6-3-5-18-14/h7-9H,2-6H2,1H3,(H,16,17). The number of aromatic amines is 1. The summed E-state index contributed by atoms with van der Waals surface area (Å²) in [5.41, 5.74) is 1.82. The van der Waals surface area contributed by atoms with Crippen LogP contribution in [0.25, 0.3) is 10.9 Å². The number of aryl methyl sites for hydroxylation is 1. The fourth-order valence-corrected chi connectivity index (χ4v) is 2.37. The van der Waals surface area contributed by atoms with Gasteiger partial charge in [-0.2, -0.15) is 0 Å². The normalized spacial score (nSPS) is 14.4. The second kappa shape index (κ2) is 4.96. The highest BCUT2D eigenvalue weighted by Gasteiger charge is 2.13. The van der Waals surface area contributed by atoms with Gasteiger partial charge in [-0.15, -0.1) is 0 Å². The van der Waals surface area contributed by atoms with Crippen LogP contribution in [-0.2, 0) is 6.42 Å². The van der Waals surface area contributed by atoms with E-state index in [0.717, 1.165) is 30.5 Å². The molecule has 4 nitrogen and oxygen atoms in total. The van der Waals surface area contributed by atoms with Crippen LogP contribution in [0.5, 0.6) is 11.5 Å². The first kappa shape index (κ1) is 12.1. The Morgan fingerprint density at radius 2 is 1.89 bits per heavy atom. The predicted molar refractivity (Wildman–Crippen MR) is 74.2 cm³/mol. The van der Waals surface area contributed by atoms with Crippen molar-refractivity contribution in [1.82, 2.24) is 4.98 Å². The number of fused-ring (bicyclic) bond motifs is 2. The molecule has 1 aromatic carbocycles. The minimum atomic E-state index is 0.0350. The molecule has 1 aliphatic heterocycles. The fraction of sp³-hybridized carbons (Fsp3) is 0.400. The summed E-state index contributed by atoms with van der Waals surface area (Å²) in [4.78, 5) is 15.4. The lowest BCUT2D eigenvalue weighted by molar-refractivity contribution is 0.297. The van der Waals surface area contributed by atoms with Gasteiger partial charge in [-0.05, 0) is 12.5 Å². The molecule has 1 aromatic heterocycles. The van der Waals surface area contributed by atoms with Gasteiger partial charge in [0, 0.05) is 29.6 Å². The van der Waals surface area contributed by atoms with Gasteiger partial charge in [0.05, 0.1) is 18.7 Å². The van der Waals surface area contributed by atoms with Crippen LogP contribution < -0.4 is 14.9 Å². The van der Waals surface area contributed by atoms with Crippen molar-refractivity contribution < 1.29 is 9.47 Å². The van der Waals surface area contributed by atoms with Crippen LogP contribution in [0.4, 0.5) is 0 Å². The molecule has 0 unspecified atom stereocenters. The van der Waals surface area contributed by atoms with Gasteiger partial charge in [0.1, 0.15) is 0 Å². The predicted octanol–water partition coefficient (Wildman–Crippen LogP) is 2.64. The summed E-state index contributed by atoms with van der Waals surface area (Å²) in [5.74, 6) is 1.38. The number of nitrogens with one attached hydrogen (secondary N) is 1. The smallest absolute Gasteiger partial charge is 0.189 e. The Morgan fingerprint density at radius 3 is 2.63 bits per heavy atom. The van der Waals surface area contributed by atoms with E-state index < -0.39 is 0 Å². The van der Waals surface area contributed by atoms with Crippen LogP contribution >= 0.6 is 0 Å². The highest BCUT2D eigenvalue weighted by atomic mass is 16.5. The molecule has 0 atom stereocenters. The van der Waals surface area contributed by atoms with Gasteiger partial charge in [0.15, 0.2) is 16.9 Å². The molecule has 0 aliphatic carbocycles. The van der Waals surface area contributed by atoms with Crippen molar-refractivity contribution in [3.05, 3.63) is 34.1 Å². The van der Waals surface area contributed by atoms with Gasteiger partial charge in [-0.3, -0.25) is 4.79 Å². The van der Waals surface area contributed by atoms with Gasteiger partial charge >= 0.3 is 0 Å². The van der Waals surface area contributed by atoms with Crippen molar-refractivity contribution in [3.8, 4) is 11.5 Å². The van der Waals surface area contributed by atoms with Crippen molar-refractivity contribution in [2.45, 2.75) is 26.2 Å². The molecule has 2 heterocycles. The Hall–Kier alpha value is -1.97. The van der Waals surface area contributed by atoms with Crippen LogP contribution in [-0.4, -0.2) is 18.2 Å². The first-order valence-corrected chi connectivity index (χ1v) is 6.73. The molecule has 0 amide bonds. The maximum absolute atomic E-state index is 12.1. The van der Waals surface area contributed by atoms with Crippen molar-refractivity contribution >= 4 is 10.9 Å². The van der Waals surface area contributed by atoms with Gasteiger partial charge < -0.3 is 14.5 Å². The van der Waals surface area contributed by atoms with Crippen molar-refractivity contribution in [2.24, 2.45) is 0 Å². The topological polar surface area (TPSA) is 51.3 Å². The fourth-order valence-electron chi connectivity index (χ4n) is 2.37. The average molecular weight is 259 g/mol. The number of hydrogen-bond acceptors (Lipinski definition) is 3. The minimum Gasteiger partial charge on any atom is -0.490 e. The SMILES string of the molecule is CCCc1cc(=O)c2cc3c(cc2[nH]1)OCCCO3. The molecule has 0 bridgehead atoms. The van der Waals surface area contributed by atoms with E-state index in [1.54, 1.807) is 12.1 Å². The lowest BCUT2D eigenvalue weighted by Crippen LogP contribution is -2.06. The van der Waals surface area contributed by atoms with E-state index in [0.29, 0.717) is 30.1 Å². The van der Waals surface area contributed by atoms with E-state index >= 15 is 0 Å². The number of aromatic nitrogens is 1. The first-order chi connectivity index (χ1) is 9.28. The molecule has 0 saturated heterocycles. The molecule has 3 rings (SSSR count). The second-order valence-electron chi connectivity index (χ2n) is 4.80. The van der Waals surface area contributed by atoms with E-state index in [2.05, 4.69) is 11.9 Å². The number of hydrogen-bond donors (Lipinski definition) is 1. The summed E-state index contributed by atoms with van der Waals surface area (Å²) in [5, 5.41) is 0.657. The van der Waals surface area contributed by atoms with Crippen LogP contribution in [0.15, 0.2) is 23.0 Å². The van der Waals surface area contributed by atoms with E-state index in [-0.39, 0.29) is 5.43 Å². The zero-order valence-electron chi connectivity index (χ0n) is 11.0.